The molecule has 1 aromatic rings. The summed E-state index contributed by atoms with van der Waals surface area (Å²) in [6, 6.07) is 5.93. The minimum atomic E-state index is -0.0613. The molecule has 0 spiro atoms. The van der Waals surface area contributed by atoms with Crippen LogP contribution in [-0.4, -0.2) is 69.1 Å². The summed E-state index contributed by atoms with van der Waals surface area (Å²) in [7, 11) is 3.80. The van der Waals surface area contributed by atoms with E-state index in [0.29, 0.717) is 12.5 Å². The number of carbonyl (C=O) groups is 1. The summed E-state index contributed by atoms with van der Waals surface area (Å²) in [4.78, 5) is 16.9. The van der Waals surface area contributed by atoms with E-state index in [2.05, 4.69) is 29.1 Å². The highest BCUT2D eigenvalue weighted by molar-refractivity contribution is 5.92. The molecule has 2 rings (SSSR count). The summed E-state index contributed by atoms with van der Waals surface area (Å²) in [5.74, 6) is 1.15. The van der Waals surface area contributed by atoms with Crippen LogP contribution in [0.4, 0.5) is 0 Å². The Morgan fingerprint density at radius 3 is 2.72 bits per heavy atom. The molecule has 1 fully saturated rings. The third-order valence-corrected chi connectivity index (χ3v) is 4.59. The van der Waals surface area contributed by atoms with Crippen LogP contribution in [0.2, 0.25) is 0 Å². The van der Waals surface area contributed by atoms with Gasteiger partial charge in [-0.3, -0.25) is 4.79 Å². The summed E-state index contributed by atoms with van der Waals surface area (Å²) < 4.78 is 5.33. The van der Waals surface area contributed by atoms with Gasteiger partial charge in [-0.1, -0.05) is 18.6 Å². The number of nitrogens with zero attached hydrogens (tertiary/aromatic N) is 2. The van der Waals surface area contributed by atoms with Gasteiger partial charge in [0.15, 0.2) is 0 Å². The molecule has 1 aliphatic heterocycles. The number of carbonyl (C=O) groups excluding carboxylic acids is 1. The second-order valence-corrected chi connectivity index (χ2v) is 7.03. The second kappa shape index (κ2) is 9.59. The summed E-state index contributed by atoms with van der Waals surface area (Å²) in [5, 5.41) is 3.00. The number of piperazine rings is 1. The quantitative estimate of drug-likeness (QED) is 0.768. The van der Waals surface area contributed by atoms with E-state index in [1.54, 1.807) is 13.2 Å². The molecule has 5 heteroatoms. The Labute approximate surface area is 151 Å². The van der Waals surface area contributed by atoms with Crippen LogP contribution in [0, 0.1) is 12.8 Å². The molecule has 1 saturated heterocycles. The molecule has 0 aliphatic carbocycles. The van der Waals surface area contributed by atoms with Crippen molar-refractivity contribution in [3.05, 3.63) is 35.4 Å². The molecule has 138 valence electrons. The van der Waals surface area contributed by atoms with Gasteiger partial charge in [0.25, 0.3) is 0 Å². The van der Waals surface area contributed by atoms with Crippen LogP contribution in [-0.2, 0) is 4.79 Å². The molecular formula is C20H31N3O2. The molecule has 1 unspecified atom stereocenters. The van der Waals surface area contributed by atoms with Crippen LogP contribution in [0.25, 0.3) is 6.08 Å². The van der Waals surface area contributed by atoms with Gasteiger partial charge < -0.3 is 19.9 Å². The highest BCUT2D eigenvalue weighted by Crippen LogP contribution is 2.20. The molecule has 1 N–H and O–H groups in total. The fraction of sp³-hybridized carbons (Fsp3) is 0.550. The van der Waals surface area contributed by atoms with E-state index in [0.717, 1.165) is 49.6 Å². The highest BCUT2D eigenvalue weighted by Gasteiger charge is 2.16. The van der Waals surface area contributed by atoms with E-state index in [4.69, 9.17) is 4.74 Å². The number of hydrogen-bond donors (Lipinski definition) is 1. The van der Waals surface area contributed by atoms with E-state index in [-0.39, 0.29) is 5.91 Å². The number of nitrogens with one attached hydrogen (secondary N) is 1. The maximum absolute atomic E-state index is 12.1. The Kier molecular flexibility index (Phi) is 7.47. The maximum atomic E-state index is 12.1. The number of ether oxygens (including phenoxy) is 1. The van der Waals surface area contributed by atoms with Crippen molar-refractivity contribution < 1.29 is 9.53 Å². The number of aryl methyl sites for hydroxylation is 1. The largest absolute Gasteiger partial charge is 0.496 e. The molecule has 1 aliphatic rings. The van der Waals surface area contributed by atoms with E-state index >= 15 is 0 Å². The van der Waals surface area contributed by atoms with E-state index in [1.807, 2.05) is 31.2 Å². The van der Waals surface area contributed by atoms with Crippen LogP contribution in [0.5, 0.6) is 5.75 Å². The lowest BCUT2D eigenvalue weighted by atomic mass is 10.1. The first-order valence-corrected chi connectivity index (χ1v) is 8.99. The van der Waals surface area contributed by atoms with Gasteiger partial charge in [0.1, 0.15) is 5.75 Å². The summed E-state index contributed by atoms with van der Waals surface area (Å²) in [6.45, 7) is 10.4. The molecule has 0 aromatic heterocycles. The number of rotatable bonds is 7. The van der Waals surface area contributed by atoms with Gasteiger partial charge >= 0.3 is 0 Å². The monoisotopic (exact) mass is 345 g/mol. The average molecular weight is 345 g/mol. The number of methoxy groups -OCH3 is 1. The van der Waals surface area contributed by atoms with Crippen LogP contribution in [0.3, 0.4) is 0 Å². The Morgan fingerprint density at radius 2 is 2.04 bits per heavy atom. The topological polar surface area (TPSA) is 44.8 Å². The maximum Gasteiger partial charge on any atom is 0.244 e. The van der Waals surface area contributed by atoms with Crippen LogP contribution < -0.4 is 10.1 Å². The zero-order valence-electron chi connectivity index (χ0n) is 15.9. The lowest BCUT2D eigenvalue weighted by Crippen LogP contribution is -2.46. The molecule has 1 atom stereocenters. The Hall–Kier alpha value is -1.85. The molecule has 1 aromatic carbocycles. The first-order valence-electron chi connectivity index (χ1n) is 8.99. The Balaban J connectivity index is 1.77. The summed E-state index contributed by atoms with van der Waals surface area (Å²) in [5.41, 5.74) is 2.06. The van der Waals surface area contributed by atoms with Crippen molar-refractivity contribution in [1.29, 1.82) is 0 Å². The smallest absolute Gasteiger partial charge is 0.244 e. The lowest BCUT2D eigenvalue weighted by molar-refractivity contribution is -0.116. The lowest BCUT2D eigenvalue weighted by Gasteiger charge is -2.33. The minimum Gasteiger partial charge on any atom is -0.496 e. The van der Waals surface area contributed by atoms with Gasteiger partial charge in [-0.2, -0.15) is 0 Å². The van der Waals surface area contributed by atoms with Crippen LogP contribution >= 0.6 is 0 Å². The number of benzene rings is 1. The van der Waals surface area contributed by atoms with Gasteiger partial charge in [0, 0.05) is 50.9 Å². The number of likely N-dealkylation sites (N-methyl/N-ethyl adjacent to an activating group) is 1. The standard InChI is InChI=1S/C20H31N3O2/c1-16-5-7-19(25-4)18(13-16)6-8-20(24)21-14-17(2)15-23-11-9-22(3)10-12-23/h5-8,13,17H,9-12,14-15H2,1-4H3,(H,21,24). The zero-order chi connectivity index (χ0) is 18.2. The van der Waals surface area contributed by atoms with Crippen molar-refractivity contribution in [3.8, 4) is 5.75 Å². The van der Waals surface area contributed by atoms with Crippen molar-refractivity contribution >= 4 is 12.0 Å². The third kappa shape index (κ3) is 6.52. The molecule has 1 heterocycles. The van der Waals surface area contributed by atoms with Crippen molar-refractivity contribution in [1.82, 2.24) is 15.1 Å². The first-order chi connectivity index (χ1) is 12.0. The van der Waals surface area contributed by atoms with Crippen molar-refractivity contribution in [2.45, 2.75) is 13.8 Å². The van der Waals surface area contributed by atoms with Crippen LogP contribution in [0.15, 0.2) is 24.3 Å². The minimum absolute atomic E-state index is 0.0613. The average Bonchev–Trinajstić information content (AvgIpc) is 2.60. The zero-order valence-corrected chi connectivity index (χ0v) is 15.9. The summed E-state index contributed by atoms with van der Waals surface area (Å²) >= 11 is 0. The normalized spacial score (nSPS) is 17.6. The molecule has 0 bridgehead atoms. The van der Waals surface area contributed by atoms with Gasteiger partial charge in [0.05, 0.1) is 7.11 Å². The van der Waals surface area contributed by atoms with Crippen LogP contribution in [0.1, 0.15) is 18.1 Å². The van der Waals surface area contributed by atoms with Crippen molar-refractivity contribution in [2.24, 2.45) is 5.92 Å². The van der Waals surface area contributed by atoms with Crippen molar-refractivity contribution in [2.75, 3.05) is 53.4 Å². The van der Waals surface area contributed by atoms with E-state index in [1.165, 1.54) is 0 Å². The van der Waals surface area contributed by atoms with Gasteiger partial charge in [-0.15, -0.1) is 0 Å². The molecule has 0 saturated carbocycles. The first kappa shape index (κ1) is 19.5. The number of amides is 1. The highest BCUT2D eigenvalue weighted by atomic mass is 16.5. The SMILES string of the molecule is COc1ccc(C)cc1C=CC(=O)NCC(C)CN1CCN(C)CC1. The van der Waals surface area contributed by atoms with E-state index in [9.17, 15) is 4.79 Å². The fourth-order valence-corrected chi connectivity index (χ4v) is 3.02. The van der Waals surface area contributed by atoms with Gasteiger partial charge in [-0.05, 0) is 38.1 Å². The van der Waals surface area contributed by atoms with Gasteiger partial charge in [0.2, 0.25) is 5.91 Å². The fourth-order valence-electron chi connectivity index (χ4n) is 3.02. The number of hydrogen-bond acceptors (Lipinski definition) is 4. The predicted octanol–water partition coefficient (Wildman–Crippen LogP) is 2.02. The Bertz CT molecular complexity index is 593. The molecule has 25 heavy (non-hydrogen) atoms. The van der Waals surface area contributed by atoms with Gasteiger partial charge in [-0.25, -0.2) is 0 Å². The van der Waals surface area contributed by atoms with Crippen molar-refractivity contribution in [3.63, 3.8) is 0 Å². The molecule has 0 radical (unpaired) electrons. The summed E-state index contributed by atoms with van der Waals surface area (Å²) in [6.07, 6.45) is 3.40. The predicted molar refractivity (Wildman–Crippen MR) is 103 cm³/mol. The second-order valence-electron chi connectivity index (χ2n) is 7.03. The van der Waals surface area contributed by atoms with E-state index < -0.39 is 0 Å². The molecule has 5 nitrogen and oxygen atoms in total. The molecular weight excluding hydrogens is 314 g/mol. The third-order valence-electron chi connectivity index (χ3n) is 4.59. The Morgan fingerprint density at radius 1 is 1.32 bits per heavy atom. The molecule has 1 amide bonds.